The van der Waals surface area contributed by atoms with Gasteiger partial charge in [-0.05, 0) is 93.0 Å². The fourth-order valence-corrected chi connectivity index (χ4v) is 9.28. The maximum Gasteiger partial charge on any atom is 0.324 e. The molecule has 0 spiro atoms. The number of nitrogens with zero attached hydrogens (tertiary/aromatic N) is 3. The molecule has 46 heavy (non-hydrogen) atoms. The van der Waals surface area contributed by atoms with Gasteiger partial charge in [0.15, 0.2) is 0 Å². The summed E-state index contributed by atoms with van der Waals surface area (Å²) in [5.74, 6) is 0.948. The van der Waals surface area contributed by atoms with Crippen molar-refractivity contribution in [3.05, 3.63) is 99.7 Å². The lowest BCUT2D eigenvalue weighted by molar-refractivity contribution is 0.190. The van der Waals surface area contributed by atoms with Crippen LogP contribution in [0.4, 0.5) is 16.3 Å². The molecule has 242 valence electrons. The molecule has 2 atom stereocenters. The number of fused-ring (bicyclic) bond motifs is 2. The number of halogens is 2. The van der Waals surface area contributed by atoms with E-state index in [1.807, 2.05) is 61.5 Å². The molecule has 0 aliphatic carbocycles. The zero-order valence-corrected chi connectivity index (χ0v) is 28.8. The van der Waals surface area contributed by atoms with E-state index in [1.165, 1.54) is 12.1 Å². The minimum absolute atomic E-state index is 0.0550. The Labute approximate surface area is 281 Å². The minimum Gasteiger partial charge on any atom is -0.308 e. The highest BCUT2D eigenvalue weighted by molar-refractivity contribution is 7.89. The highest BCUT2D eigenvalue weighted by atomic mass is 35.5. The van der Waals surface area contributed by atoms with Crippen LogP contribution in [0.5, 0.6) is 0 Å². The van der Waals surface area contributed by atoms with E-state index < -0.39 is 10.0 Å². The maximum absolute atomic E-state index is 13.6. The van der Waals surface area contributed by atoms with Gasteiger partial charge in [-0.15, -0.1) is 0 Å². The Balaban J connectivity index is 1.09. The average Bonchev–Trinajstić information content (AvgIpc) is 3.55. The molecule has 8 nitrogen and oxygen atoms in total. The molecule has 2 fully saturated rings. The number of benzene rings is 3. The summed E-state index contributed by atoms with van der Waals surface area (Å²) in [6, 6.07) is 21.9. The van der Waals surface area contributed by atoms with E-state index >= 15 is 0 Å². The molecule has 1 aromatic heterocycles. The molecule has 2 saturated heterocycles. The number of rotatable bonds is 7. The van der Waals surface area contributed by atoms with Gasteiger partial charge in [0.25, 0.3) is 0 Å². The van der Waals surface area contributed by atoms with E-state index in [2.05, 4.69) is 31.4 Å². The number of urea groups is 1. The number of anilines is 2. The predicted molar refractivity (Wildman–Crippen MR) is 185 cm³/mol. The quantitative estimate of drug-likeness (QED) is 0.204. The van der Waals surface area contributed by atoms with Crippen LogP contribution >= 0.6 is 23.2 Å². The molecular formula is C35H39Cl2N5O3S. The topological polar surface area (TPSA) is 96.3 Å². The van der Waals surface area contributed by atoms with Gasteiger partial charge in [-0.3, -0.25) is 5.32 Å². The lowest BCUT2D eigenvalue weighted by Crippen LogP contribution is -2.46. The second kappa shape index (κ2) is 12.7. The van der Waals surface area contributed by atoms with Crippen LogP contribution in [0.15, 0.2) is 77.7 Å². The smallest absolute Gasteiger partial charge is 0.308 e. The van der Waals surface area contributed by atoms with Crippen molar-refractivity contribution in [2.45, 2.75) is 82.2 Å². The van der Waals surface area contributed by atoms with Gasteiger partial charge in [-0.2, -0.15) is 9.40 Å². The van der Waals surface area contributed by atoms with Gasteiger partial charge in [0.05, 0.1) is 16.4 Å². The first-order valence-electron chi connectivity index (χ1n) is 15.6. The molecule has 2 amide bonds. The van der Waals surface area contributed by atoms with Crippen molar-refractivity contribution in [1.82, 2.24) is 14.1 Å². The van der Waals surface area contributed by atoms with Crippen LogP contribution in [0.1, 0.15) is 63.3 Å². The normalized spacial score (nSPS) is 20.1. The summed E-state index contributed by atoms with van der Waals surface area (Å²) in [6.07, 6.45) is 4.12. The third-order valence-corrected chi connectivity index (χ3v) is 11.7. The van der Waals surface area contributed by atoms with Crippen molar-refractivity contribution < 1.29 is 13.2 Å². The zero-order valence-electron chi connectivity index (χ0n) is 26.4. The van der Waals surface area contributed by atoms with Crippen molar-refractivity contribution in [2.24, 2.45) is 5.92 Å². The first-order valence-corrected chi connectivity index (χ1v) is 17.8. The van der Waals surface area contributed by atoms with Crippen molar-refractivity contribution in [1.29, 1.82) is 0 Å². The second-order valence-electron chi connectivity index (χ2n) is 13.5. The molecule has 3 aromatic carbocycles. The molecule has 2 aliphatic heterocycles. The van der Waals surface area contributed by atoms with Gasteiger partial charge in [-0.1, -0.05) is 73.8 Å². The van der Waals surface area contributed by atoms with Crippen LogP contribution in [0.2, 0.25) is 10.0 Å². The molecule has 3 heterocycles. The molecule has 0 saturated carbocycles. The van der Waals surface area contributed by atoms with Gasteiger partial charge in [0.1, 0.15) is 10.7 Å². The van der Waals surface area contributed by atoms with Gasteiger partial charge < -0.3 is 5.32 Å². The minimum atomic E-state index is -3.75. The molecule has 2 bridgehead atoms. The fourth-order valence-electron chi connectivity index (χ4n) is 6.65. The van der Waals surface area contributed by atoms with Gasteiger partial charge >= 0.3 is 6.03 Å². The number of amides is 2. The van der Waals surface area contributed by atoms with Crippen LogP contribution < -0.4 is 10.6 Å². The van der Waals surface area contributed by atoms with E-state index in [0.29, 0.717) is 22.4 Å². The summed E-state index contributed by atoms with van der Waals surface area (Å²) in [4.78, 5) is 13.2. The maximum atomic E-state index is 13.6. The van der Waals surface area contributed by atoms with E-state index in [0.717, 1.165) is 54.6 Å². The molecule has 2 N–H and O–H groups in total. The summed E-state index contributed by atoms with van der Waals surface area (Å²) in [5.41, 5.74) is 4.53. The first kappa shape index (κ1) is 32.6. The number of hydrogen-bond acceptors (Lipinski definition) is 4. The predicted octanol–water partition coefficient (Wildman–Crippen LogP) is 8.60. The third-order valence-electron chi connectivity index (χ3n) is 8.95. The Bertz CT molecular complexity index is 1840. The Morgan fingerprint density at radius 3 is 2.20 bits per heavy atom. The van der Waals surface area contributed by atoms with Crippen LogP contribution in [-0.4, -0.2) is 40.6 Å². The average molecular weight is 681 g/mol. The number of nitrogens with one attached hydrogen (secondary N) is 2. The molecule has 4 aromatic rings. The Kier molecular flexibility index (Phi) is 8.97. The summed E-state index contributed by atoms with van der Waals surface area (Å²) < 4.78 is 30.7. The Hall–Kier alpha value is -3.37. The van der Waals surface area contributed by atoms with E-state index in [9.17, 15) is 13.2 Å². The number of sulfonamides is 1. The number of carbonyl (C=O) groups excluding carboxylic acids is 1. The van der Waals surface area contributed by atoms with Crippen molar-refractivity contribution >= 4 is 50.8 Å². The Morgan fingerprint density at radius 1 is 0.913 bits per heavy atom. The van der Waals surface area contributed by atoms with Crippen molar-refractivity contribution in [2.75, 3.05) is 10.6 Å². The SMILES string of the molecule is Cc1ccc(-n2nc(C(C)(C)C)cc2NC(=O)Nc2ccc(CC3CC4CCC(C3)N4S(=O)(=O)c3cc(Cl)ccc3Cl)cc2)cc1. The number of aromatic nitrogens is 2. The van der Waals surface area contributed by atoms with Crippen LogP contribution in [0.25, 0.3) is 5.69 Å². The third kappa shape index (κ3) is 6.83. The van der Waals surface area contributed by atoms with Crippen molar-refractivity contribution in [3.8, 4) is 5.69 Å². The number of piperidine rings is 1. The van der Waals surface area contributed by atoms with Gasteiger partial charge in [0, 0.05) is 34.3 Å². The van der Waals surface area contributed by atoms with Crippen molar-refractivity contribution in [3.63, 3.8) is 0 Å². The highest BCUT2D eigenvalue weighted by Crippen LogP contribution is 2.44. The van der Waals surface area contributed by atoms with Crippen LogP contribution in [0.3, 0.4) is 0 Å². The van der Waals surface area contributed by atoms with E-state index in [4.69, 9.17) is 28.3 Å². The molecule has 2 unspecified atom stereocenters. The summed E-state index contributed by atoms with van der Waals surface area (Å²) in [6.45, 7) is 8.30. The summed E-state index contributed by atoms with van der Waals surface area (Å²) in [7, 11) is -3.75. The lowest BCUT2D eigenvalue weighted by Gasteiger charge is -2.38. The van der Waals surface area contributed by atoms with E-state index in [-0.39, 0.29) is 33.4 Å². The van der Waals surface area contributed by atoms with Gasteiger partial charge in [-0.25, -0.2) is 17.9 Å². The van der Waals surface area contributed by atoms with Gasteiger partial charge in [0.2, 0.25) is 10.0 Å². The monoisotopic (exact) mass is 679 g/mol. The Morgan fingerprint density at radius 2 is 1.57 bits per heavy atom. The molecule has 6 rings (SSSR count). The second-order valence-corrected chi connectivity index (χ2v) is 16.2. The lowest BCUT2D eigenvalue weighted by atomic mass is 9.87. The number of aryl methyl sites for hydroxylation is 1. The van der Waals surface area contributed by atoms with Crippen LogP contribution in [-0.2, 0) is 21.9 Å². The molecule has 0 radical (unpaired) electrons. The fraction of sp³-hybridized carbons (Fsp3) is 0.371. The zero-order chi connectivity index (χ0) is 32.8. The largest absolute Gasteiger partial charge is 0.324 e. The molecular weight excluding hydrogens is 641 g/mol. The molecule has 2 aliphatic rings. The number of hydrogen-bond donors (Lipinski definition) is 2. The number of carbonyl (C=O) groups is 1. The standard InChI is InChI=1S/C35H39Cl2N5O3S/c1-22-5-12-27(13-6-22)41-33(21-32(40-41)35(2,3)4)39-34(43)38-26-10-7-23(8-11-26)17-24-18-28-14-15-29(19-24)42(28)46(44,45)31-20-25(36)9-16-30(31)37/h5-13,16,20-21,24,28-29H,14-15,17-19H2,1-4H3,(H2,38,39,43). The van der Waals surface area contributed by atoms with Crippen LogP contribution in [0, 0.1) is 12.8 Å². The van der Waals surface area contributed by atoms with E-state index in [1.54, 1.807) is 15.1 Å². The summed E-state index contributed by atoms with van der Waals surface area (Å²) >= 11 is 12.4. The summed E-state index contributed by atoms with van der Waals surface area (Å²) in [5, 5.41) is 11.3. The molecule has 11 heteroatoms. The first-order chi connectivity index (χ1) is 21.8. The highest BCUT2D eigenvalue weighted by Gasteiger charge is 2.47.